The largest absolute Gasteiger partial charge is 0.383 e. The third kappa shape index (κ3) is 1.12. The maximum Gasteiger partial charge on any atom is 0.252 e. The average Bonchev–Trinajstić information content (AvgIpc) is 2.20. The van der Waals surface area contributed by atoms with Gasteiger partial charge in [0, 0.05) is 6.54 Å². The molecule has 0 aromatic rings. The minimum Gasteiger partial charge on any atom is -0.383 e. The minimum absolute atomic E-state index is 0.238. The molecule has 1 amide bonds. The topological polar surface area (TPSA) is 40.5 Å². The van der Waals surface area contributed by atoms with E-state index in [-0.39, 0.29) is 5.91 Å². The number of carbonyl (C=O) groups excluding carboxylic acids is 1. The summed E-state index contributed by atoms with van der Waals surface area (Å²) in [5.41, 5.74) is 0. The summed E-state index contributed by atoms with van der Waals surface area (Å²) in [6, 6.07) is 0. The highest BCUT2D eigenvalue weighted by molar-refractivity contribution is 5.82. The molecule has 1 heterocycles. The summed E-state index contributed by atoms with van der Waals surface area (Å²) < 4.78 is 0. The van der Waals surface area contributed by atoms with Crippen molar-refractivity contribution in [1.29, 1.82) is 0 Å². The molecule has 0 unspecified atom stereocenters. The molecule has 0 aromatic heterocycles. The van der Waals surface area contributed by atoms with Crippen LogP contribution < -0.4 is 0 Å². The summed E-state index contributed by atoms with van der Waals surface area (Å²) in [7, 11) is 0. The quantitative estimate of drug-likeness (QED) is 0.484. The standard InChI is InChI=1S/C7H9NO2/c1-2-4-8-5-3-6(9)7(8)10/h1,6,9H,3-5H2/t6-/m1/s1. The van der Waals surface area contributed by atoms with Crippen molar-refractivity contribution in [3.63, 3.8) is 0 Å². The van der Waals surface area contributed by atoms with E-state index in [1.165, 1.54) is 4.90 Å². The molecule has 0 spiro atoms. The van der Waals surface area contributed by atoms with Crippen molar-refractivity contribution >= 4 is 5.91 Å². The second kappa shape index (κ2) is 2.72. The van der Waals surface area contributed by atoms with E-state index in [2.05, 4.69) is 5.92 Å². The van der Waals surface area contributed by atoms with Crippen molar-refractivity contribution in [2.75, 3.05) is 13.1 Å². The van der Waals surface area contributed by atoms with Crippen LogP contribution in [0.2, 0.25) is 0 Å². The minimum atomic E-state index is -0.812. The molecule has 0 aliphatic carbocycles. The van der Waals surface area contributed by atoms with E-state index in [4.69, 9.17) is 11.5 Å². The lowest BCUT2D eigenvalue weighted by molar-refractivity contribution is -0.133. The first-order valence-electron chi connectivity index (χ1n) is 3.16. The highest BCUT2D eigenvalue weighted by Crippen LogP contribution is 2.08. The van der Waals surface area contributed by atoms with Crippen LogP contribution in [0.15, 0.2) is 0 Å². The van der Waals surface area contributed by atoms with Crippen LogP contribution in [0.3, 0.4) is 0 Å². The highest BCUT2D eigenvalue weighted by Gasteiger charge is 2.28. The maximum absolute atomic E-state index is 10.9. The van der Waals surface area contributed by atoms with Crippen molar-refractivity contribution in [2.45, 2.75) is 12.5 Å². The van der Waals surface area contributed by atoms with Crippen LogP contribution in [-0.4, -0.2) is 35.1 Å². The predicted octanol–water partition coefficient (Wildman–Crippen LogP) is -0.787. The molecule has 1 N–H and O–H groups in total. The zero-order valence-corrected chi connectivity index (χ0v) is 5.58. The van der Waals surface area contributed by atoms with Gasteiger partial charge in [-0.3, -0.25) is 4.79 Å². The van der Waals surface area contributed by atoms with E-state index in [0.29, 0.717) is 19.5 Å². The van der Waals surface area contributed by atoms with Gasteiger partial charge in [0.2, 0.25) is 0 Å². The van der Waals surface area contributed by atoms with E-state index in [9.17, 15) is 4.79 Å². The molecular formula is C7H9NO2. The Balaban J connectivity index is 2.51. The van der Waals surface area contributed by atoms with Crippen molar-refractivity contribution in [3.05, 3.63) is 0 Å². The van der Waals surface area contributed by atoms with E-state index in [0.717, 1.165) is 0 Å². The molecule has 1 aliphatic heterocycles. The highest BCUT2D eigenvalue weighted by atomic mass is 16.3. The SMILES string of the molecule is C#CCN1CC[C@@H](O)C1=O. The van der Waals surface area contributed by atoms with Gasteiger partial charge in [0.05, 0.1) is 6.54 Å². The third-order valence-corrected chi connectivity index (χ3v) is 1.55. The molecule has 10 heavy (non-hydrogen) atoms. The predicted molar refractivity (Wildman–Crippen MR) is 36.0 cm³/mol. The fourth-order valence-corrected chi connectivity index (χ4v) is 0.990. The molecule has 1 atom stereocenters. The number of carbonyl (C=O) groups is 1. The fraction of sp³-hybridized carbons (Fsp3) is 0.571. The molecule has 0 bridgehead atoms. The van der Waals surface area contributed by atoms with Crippen LogP contribution in [0.4, 0.5) is 0 Å². The Bertz CT molecular complexity index is 183. The Labute approximate surface area is 59.6 Å². The van der Waals surface area contributed by atoms with Gasteiger partial charge in [-0.05, 0) is 6.42 Å². The van der Waals surface area contributed by atoms with Gasteiger partial charge in [-0.15, -0.1) is 6.42 Å². The summed E-state index contributed by atoms with van der Waals surface area (Å²) in [5.74, 6) is 2.12. The van der Waals surface area contributed by atoms with Gasteiger partial charge in [-0.25, -0.2) is 0 Å². The summed E-state index contributed by atoms with van der Waals surface area (Å²) in [6.45, 7) is 0.903. The van der Waals surface area contributed by atoms with Crippen LogP contribution in [-0.2, 0) is 4.79 Å². The van der Waals surface area contributed by atoms with Gasteiger partial charge in [0.15, 0.2) is 0 Å². The molecular weight excluding hydrogens is 130 g/mol. The van der Waals surface area contributed by atoms with Crippen LogP contribution in [0.1, 0.15) is 6.42 Å². The molecule has 0 aromatic carbocycles. The number of aliphatic hydroxyl groups is 1. The zero-order valence-electron chi connectivity index (χ0n) is 5.58. The molecule has 1 saturated heterocycles. The monoisotopic (exact) mass is 139 g/mol. The molecule has 1 rings (SSSR count). The van der Waals surface area contributed by atoms with Gasteiger partial charge in [-0.1, -0.05) is 5.92 Å². The Hall–Kier alpha value is -1.01. The summed E-state index contributed by atoms with van der Waals surface area (Å²) in [6.07, 6.45) is 4.69. The summed E-state index contributed by atoms with van der Waals surface area (Å²) in [4.78, 5) is 12.4. The Kier molecular flexibility index (Phi) is 1.93. The van der Waals surface area contributed by atoms with Crippen LogP contribution in [0, 0.1) is 12.3 Å². The lowest BCUT2D eigenvalue weighted by Gasteiger charge is -2.10. The Morgan fingerprint density at radius 1 is 1.90 bits per heavy atom. The Morgan fingerprint density at radius 3 is 3.00 bits per heavy atom. The van der Waals surface area contributed by atoms with Gasteiger partial charge in [0.1, 0.15) is 6.10 Å². The smallest absolute Gasteiger partial charge is 0.252 e. The van der Waals surface area contributed by atoms with Crippen LogP contribution in [0.25, 0.3) is 0 Å². The normalized spacial score (nSPS) is 25.0. The Morgan fingerprint density at radius 2 is 2.60 bits per heavy atom. The van der Waals surface area contributed by atoms with Crippen molar-refractivity contribution < 1.29 is 9.90 Å². The molecule has 0 saturated carbocycles. The molecule has 3 heteroatoms. The molecule has 3 nitrogen and oxygen atoms in total. The molecule has 54 valence electrons. The number of likely N-dealkylation sites (tertiary alicyclic amines) is 1. The molecule has 1 fully saturated rings. The summed E-state index contributed by atoms with van der Waals surface area (Å²) in [5, 5.41) is 8.93. The lowest BCUT2D eigenvalue weighted by Crippen LogP contribution is -2.29. The number of rotatable bonds is 1. The van der Waals surface area contributed by atoms with Gasteiger partial charge in [0.25, 0.3) is 5.91 Å². The first kappa shape index (κ1) is 7.10. The van der Waals surface area contributed by atoms with E-state index in [1.54, 1.807) is 0 Å². The maximum atomic E-state index is 10.9. The number of terminal acetylenes is 1. The number of nitrogens with zero attached hydrogens (tertiary/aromatic N) is 1. The lowest BCUT2D eigenvalue weighted by atomic mass is 10.3. The molecule has 0 radical (unpaired) electrons. The van der Waals surface area contributed by atoms with Gasteiger partial charge < -0.3 is 10.0 Å². The number of amides is 1. The fourth-order valence-electron chi connectivity index (χ4n) is 0.990. The third-order valence-electron chi connectivity index (χ3n) is 1.55. The average molecular weight is 139 g/mol. The first-order chi connectivity index (χ1) is 4.75. The van der Waals surface area contributed by atoms with Crippen LogP contribution in [0.5, 0.6) is 0 Å². The number of hydrogen-bond acceptors (Lipinski definition) is 2. The van der Waals surface area contributed by atoms with Crippen LogP contribution >= 0.6 is 0 Å². The van der Waals surface area contributed by atoms with Crippen molar-refractivity contribution in [3.8, 4) is 12.3 Å². The zero-order chi connectivity index (χ0) is 7.56. The summed E-state index contributed by atoms with van der Waals surface area (Å²) >= 11 is 0. The number of hydrogen-bond donors (Lipinski definition) is 1. The van der Waals surface area contributed by atoms with Gasteiger partial charge >= 0.3 is 0 Å². The second-order valence-electron chi connectivity index (χ2n) is 2.27. The molecule has 1 aliphatic rings. The first-order valence-corrected chi connectivity index (χ1v) is 3.16. The van der Waals surface area contributed by atoms with E-state index in [1.807, 2.05) is 0 Å². The van der Waals surface area contributed by atoms with E-state index < -0.39 is 6.10 Å². The van der Waals surface area contributed by atoms with E-state index >= 15 is 0 Å². The van der Waals surface area contributed by atoms with Gasteiger partial charge in [-0.2, -0.15) is 0 Å². The van der Waals surface area contributed by atoms with Crippen molar-refractivity contribution in [2.24, 2.45) is 0 Å². The number of aliphatic hydroxyl groups excluding tert-OH is 1. The second-order valence-corrected chi connectivity index (χ2v) is 2.27. The van der Waals surface area contributed by atoms with Crippen molar-refractivity contribution in [1.82, 2.24) is 4.90 Å².